The number of nitrogens with zero attached hydrogens (tertiary/aromatic N) is 3. The average Bonchev–Trinajstić information content (AvgIpc) is 3.69. The first kappa shape index (κ1) is 39.9. The minimum atomic E-state index is -2.32. The monoisotopic (exact) mass is 826 g/mol. The van der Waals surface area contributed by atoms with Gasteiger partial charge in [0.25, 0.3) is 0 Å². The molecule has 14 heteroatoms. The molecule has 1 saturated carbocycles. The summed E-state index contributed by atoms with van der Waals surface area (Å²) >= 11 is 0. The van der Waals surface area contributed by atoms with Gasteiger partial charge in [-0.1, -0.05) is 32.0 Å². The van der Waals surface area contributed by atoms with Crippen molar-refractivity contribution in [3.8, 4) is 5.75 Å². The molecule has 12 atom stereocenters. The molecule has 3 N–H and O–H groups in total. The van der Waals surface area contributed by atoms with Crippen LogP contribution >= 0.6 is 0 Å². The van der Waals surface area contributed by atoms with Gasteiger partial charge in [0, 0.05) is 85.5 Å². The number of epoxide rings is 1. The van der Waals surface area contributed by atoms with Gasteiger partial charge in [-0.15, -0.1) is 0 Å². The second-order valence-electron chi connectivity index (χ2n) is 18.9. The summed E-state index contributed by atoms with van der Waals surface area (Å²) in [6.45, 7) is 8.63. The molecule has 7 aliphatic rings. The number of hydrogen-bond donors (Lipinski definition) is 3. The molecule has 60 heavy (non-hydrogen) atoms. The van der Waals surface area contributed by atoms with Crippen molar-refractivity contribution in [3.63, 3.8) is 0 Å². The maximum Gasteiger partial charge on any atom is 0.344 e. The number of methoxy groups -OCH3 is 3. The number of aromatic amines is 1. The number of ether oxygens (including phenoxy) is 5. The molecule has 1 aromatic heterocycles. The van der Waals surface area contributed by atoms with Crippen LogP contribution in [0.5, 0.6) is 5.75 Å². The molecule has 322 valence electrons. The fourth-order valence-electron chi connectivity index (χ4n) is 14.3. The first-order valence-corrected chi connectivity index (χ1v) is 21.7. The molecule has 3 aromatic rings. The number of aromatic nitrogens is 1. The largest absolute Gasteiger partial charge is 0.496 e. The number of para-hydroxylation sites is 1. The van der Waals surface area contributed by atoms with Gasteiger partial charge >= 0.3 is 17.9 Å². The molecule has 4 saturated heterocycles. The number of H-pyrrole nitrogens is 1. The lowest BCUT2D eigenvalue weighted by Crippen LogP contribution is -2.83. The zero-order chi connectivity index (χ0) is 42.3. The standard InChI is InChI=1S/C46H58N4O10/c1-8-42(54)20-26-21-45(40(52)57-6,35-28(14-16-49(22-26)24-42)27-12-10-11-13-31(27)47-35)30-18-29-32(19-33(30)56-5)48(4)38-44(29)15-17-50-23-34-36(60-34)43(9-2,37(44)50)39(59-25(3)51)46(38,55)41(53)58-7/h10-13,18-19,26,34,36-39,47,54-55H,8-9,14-17,20-24H2,1-7H3/t26-,34?,36?,37-,38-,39-,42+,43-,44-,45+,46+/m1/s1. The van der Waals surface area contributed by atoms with E-state index in [9.17, 15) is 19.8 Å². The minimum Gasteiger partial charge on any atom is -0.496 e. The number of likely N-dealkylation sites (N-methyl/N-ethyl adjacent to an activating group) is 1. The number of carbonyl (C=O) groups excluding carboxylic acids is 3. The predicted molar refractivity (Wildman–Crippen MR) is 220 cm³/mol. The third-order valence-corrected chi connectivity index (χ3v) is 16.4. The summed E-state index contributed by atoms with van der Waals surface area (Å²) in [6, 6.07) is 10.9. The summed E-state index contributed by atoms with van der Waals surface area (Å²) in [7, 11) is 6.15. The Bertz CT molecular complexity index is 2300. The van der Waals surface area contributed by atoms with Crippen molar-refractivity contribution in [1.29, 1.82) is 0 Å². The number of piperidine rings is 2. The molecule has 10 rings (SSSR count). The predicted octanol–water partition coefficient (Wildman–Crippen LogP) is 3.20. The molecule has 1 spiro atoms. The molecule has 7 heterocycles. The highest BCUT2D eigenvalue weighted by Gasteiger charge is 2.85. The van der Waals surface area contributed by atoms with E-state index in [1.807, 2.05) is 50.1 Å². The number of aliphatic hydroxyl groups is 2. The van der Waals surface area contributed by atoms with Crippen LogP contribution in [-0.2, 0) is 50.6 Å². The molecule has 6 aliphatic heterocycles. The van der Waals surface area contributed by atoms with Crippen molar-refractivity contribution in [2.24, 2.45) is 11.3 Å². The van der Waals surface area contributed by atoms with E-state index in [4.69, 9.17) is 23.7 Å². The summed E-state index contributed by atoms with van der Waals surface area (Å²) in [5.74, 6) is -1.59. The summed E-state index contributed by atoms with van der Waals surface area (Å²) < 4.78 is 30.5. The van der Waals surface area contributed by atoms with Crippen LogP contribution in [0.15, 0.2) is 36.4 Å². The number of carbonyl (C=O) groups is 3. The molecule has 0 radical (unpaired) electrons. The zero-order valence-electron chi connectivity index (χ0n) is 35.7. The molecule has 0 amide bonds. The Morgan fingerprint density at radius 1 is 0.950 bits per heavy atom. The van der Waals surface area contributed by atoms with E-state index in [0.29, 0.717) is 82.6 Å². The molecular weight excluding hydrogens is 769 g/mol. The Kier molecular flexibility index (Phi) is 8.91. The summed E-state index contributed by atoms with van der Waals surface area (Å²) in [4.78, 5) is 53.4. The number of benzene rings is 2. The van der Waals surface area contributed by atoms with E-state index in [-0.39, 0.29) is 24.2 Å². The summed E-state index contributed by atoms with van der Waals surface area (Å²) in [5.41, 5.74) is -1.72. The first-order valence-electron chi connectivity index (χ1n) is 21.7. The van der Waals surface area contributed by atoms with E-state index in [0.717, 1.165) is 33.4 Å². The second kappa shape index (κ2) is 13.4. The van der Waals surface area contributed by atoms with Crippen molar-refractivity contribution < 1.29 is 48.3 Å². The fraction of sp³-hybridized carbons (Fsp3) is 0.630. The highest BCUT2D eigenvalue weighted by Crippen LogP contribution is 2.71. The van der Waals surface area contributed by atoms with Gasteiger partial charge in [-0.25, -0.2) is 4.79 Å². The van der Waals surface area contributed by atoms with Crippen molar-refractivity contribution in [2.75, 3.05) is 66.0 Å². The fourth-order valence-corrected chi connectivity index (χ4v) is 14.3. The van der Waals surface area contributed by atoms with E-state index in [1.54, 1.807) is 7.11 Å². The van der Waals surface area contributed by atoms with E-state index in [1.165, 1.54) is 21.1 Å². The lowest BCUT2D eigenvalue weighted by Gasteiger charge is -2.64. The number of fused-ring (bicyclic) bond motifs is 8. The highest BCUT2D eigenvalue weighted by atomic mass is 16.6. The smallest absolute Gasteiger partial charge is 0.344 e. The molecule has 2 bridgehead atoms. The third kappa shape index (κ3) is 4.91. The molecule has 3 unspecified atom stereocenters. The maximum atomic E-state index is 15.4. The van der Waals surface area contributed by atoms with Gasteiger partial charge in [0.15, 0.2) is 6.10 Å². The SMILES string of the molecule is CC[C@]1(O)C[C@H]2CN(CCc3c([nH]c4ccccc34)[C@@](C(=O)OC)(c3cc4c(cc3OC)N(C)[C@H]3[C@@](O)(C(=O)OC)[C@H](OC(C)=O)[C@]5(CC)C6OC6CN6CC[C@]43[C@H]65)C2)C1. The average molecular weight is 827 g/mol. The molecule has 5 fully saturated rings. The summed E-state index contributed by atoms with van der Waals surface area (Å²) in [5, 5.41) is 26.5. The van der Waals surface area contributed by atoms with Crippen LogP contribution in [0.25, 0.3) is 10.9 Å². The van der Waals surface area contributed by atoms with Gasteiger partial charge < -0.3 is 43.8 Å². The summed E-state index contributed by atoms with van der Waals surface area (Å²) in [6.07, 6.45) is 1.28. The Hall–Kier alpha value is -4.21. The quantitative estimate of drug-likeness (QED) is 0.181. The van der Waals surface area contributed by atoms with E-state index < -0.39 is 57.5 Å². The van der Waals surface area contributed by atoms with Crippen LogP contribution in [-0.4, -0.2) is 146 Å². The number of nitrogens with one attached hydrogen (secondary N) is 1. The Balaban J connectivity index is 1.28. The lowest BCUT2D eigenvalue weighted by molar-refractivity contribution is -0.241. The topological polar surface area (TPSA) is 167 Å². The molecule has 2 aromatic carbocycles. The van der Waals surface area contributed by atoms with Crippen molar-refractivity contribution in [1.82, 2.24) is 14.8 Å². The number of esters is 3. The van der Waals surface area contributed by atoms with Crippen LogP contribution in [0.1, 0.15) is 75.3 Å². The second-order valence-corrected chi connectivity index (χ2v) is 18.9. The van der Waals surface area contributed by atoms with Crippen LogP contribution in [0.4, 0.5) is 5.69 Å². The zero-order valence-corrected chi connectivity index (χ0v) is 35.7. The Morgan fingerprint density at radius 2 is 1.72 bits per heavy atom. The third-order valence-electron chi connectivity index (χ3n) is 16.4. The Morgan fingerprint density at radius 3 is 2.42 bits per heavy atom. The number of anilines is 1. The number of rotatable bonds is 7. The highest BCUT2D eigenvalue weighted by molar-refractivity contribution is 5.95. The molecule has 14 nitrogen and oxygen atoms in total. The minimum absolute atomic E-state index is 0.104. The van der Waals surface area contributed by atoms with Gasteiger partial charge in [-0.2, -0.15) is 0 Å². The molecular formula is C46H58N4O10. The normalized spacial score (nSPS) is 39.8. The van der Waals surface area contributed by atoms with Gasteiger partial charge in [0.05, 0.1) is 50.6 Å². The number of hydrogen-bond acceptors (Lipinski definition) is 13. The van der Waals surface area contributed by atoms with Crippen molar-refractivity contribution >= 4 is 34.5 Å². The lowest BCUT2D eigenvalue weighted by atomic mass is 9.46. The van der Waals surface area contributed by atoms with E-state index in [2.05, 4.69) is 26.9 Å². The Labute approximate surface area is 350 Å². The van der Waals surface area contributed by atoms with Crippen molar-refractivity contribution in [3.05, 3.63) is 58.8 Å². The van der Waals surface area contributed by atoms with E-state index >= 15 is 4.79 Å². The van der Waals surface area contributed by atoms with Gasteiger partial charge in [0.1, 0.15) is 11.2 Å². The van der Waals surface area contributed by atoms with Crippen LogP contribution in [0.3, 0.4) is 0 Å². The van der Waals surface area contributed by atoms with Crippen LogP contribution in [0.2, 0.25) is 0 Å². The van der Waals surface area contributed by atoms with Crippen molar-refractivity contribution in [2.45, 2.75) is 112 Å². The van der Waals surface area contributed by atoms with Gasteiger partial charge in [-0.05, 0) is 74.2 Å². The van der Waals surface area contributed by atoms with Gasteiger partial charge in [-0.3, -0.25) is 19.4 Å². The van der Waals surface area contributed by atoms with Crippen LogP contribution in [0, 0.1) is 11.3 Å². The van der Waals surface area contributed by atoms with Crippen LogP contribution < -0.4 is 9.64 Å². The maximum absolute atomic E-state index is 15.4. The van der Waals surface area contributed by atoms with Gasteiger partial charge in [0.2, 0.25) is 5.60 Å². The molecule has 1 aliphatic carbocycles. The first-order chi connectivity index (χ1) is 28.7.